The average Bonchev–Trinajstić information content (AvgIpc) is 2.81. The van der Waals surface area contributed by atoms with Gasteiger partial charge in [0, 0.05) is 39.4 Å². The van der Waals surface area contributed by atoms with E-state index >= 15 is 0 Å². The van der Waals surface area contributed by atoms with E-state index in [0.29, 0.717) is 5.41 Å². The van der Waals surface area contributed by atoms with Crippen molar-refractivity contribution in [3.63, 3.8) is 0 Å². The van der Waals surface area contributed by atoms with Gasteiger partial charge in [-0.05, 0) is 24.7 Å². The highest BCUT2D eigenvalue weighted by atomic mass is 16.5. The first-order chi connectivity index (χ1) is 8.96. The summed E-state index contributed by atoms with van der Waals surface area (Å²) < 4.78 is 11.1. The van der Waals surface area contributed by atoms with Crippen molar-refractivity contribution in [2.24, 2.45) is 11.1 Å². The minimum absolute atomic E-state index is 0.145. The van der Waals surface area contributed by atoms with Crippen LogP contribution in [0.4, 0.5) is 0 Å². The Morgan fingerprint density at radius 2 is 1.68 bits per heavy atom. The predicted molar refractivity (Wildman–Crippen MR) is 77.2 cm³/mol. The third-order valence-electron chi connectivity index (χ3n) is 5.17. The molecule has 1 saturated heterocycles. The lowest BCUT2D eigenvalue weighted by Gasteiger charge is -2.49. The summed E-state index contributed by atoms with van der Waals surface area (Å²) in [6, 6.07) is 0. The van der Waals surface area contributed by atoms with Gasteiger partial charge >= 0.3 is 0 Å². The van der Waals surface area contributed by atoms with Gasteiger partial charge in [-0.3, -0.25) is 4.90 Å². The lowest BCUT2D eigenvalue weighted by Crippen LogP contribution is -2.57. The third kappa shape index (κ3) is 2.97. The molecule has 4 heteroatoms. The summed E-state index contributed by atoms with van der Waals surface area (Å²) in [4.78, 5) is 2.54. The fraction of sp³-hybridized carbons (Fsp3) is 1.00. The first-order valence-corrected chi connectivity index (χ1v) is 7.47. The van der Waals surface area contributed by atoms with Gasteiger partial charge in [-0.2, -0.15) is 0 Å². The lowest BCUT2D eigenvalue weighted by atomic mass is 9.67. The van der Waals surface area contributed by atoms with Crippen molar-refractivity contribution in [1.82, 2.24) is 4.90 Å². The van der Waals surface area contributed by atoms with Crippen LogP contribution in [-0.2, 0) is 9.47 Å². The second kappa shape index (κ2) is 5.68. The Hall–Kier alpha value is -0.160. The summed E-state index contributed by atoms with van der Waals surface area (Å²) in [6.45, 7) is 7.37. The Morgan fingerprint density at radius 1 is 1.11 bits per heavy atom. The van der Waals surface area contributed by atoms with Gasteiger partial charge in [0.25, 0.3) is 0 Å². The molecule has 2 rings (SSSR count). The number of nitrogens with zero attached hydrogens (tertiary/aromatic N) is 1. The van der Waals surface area contributed by atoms with Crippen LogP contribution in [0.25, 0.3) is 0 Å². The maximum absolute atomic E-state index is 6.19. The molecule has 0 aromatic carbocycles. The number of nitrogens with two attached hydrogens (primary N) is 1. The topological polar surface area (TPSA) is 47.7 Å². The van der Waals surface area contributed by atoms with Crippen molar-refractivity contribution in [1.29, 1.82) is 0 Å². The summed E-state index contributed by atoms with van der Waals surface area (Å²) in [5.74, 6) is 0. The van der Waals surface area contributed by atoms with Gasteiger partial charge in [0.05, 0.1) is 12.2 Å². The fourth-order valence-corrected chi connectivity index (χ4v) is 4.12. The van der Waals surface area contributed by atoms with Crippen LogP contribution in [0.3, 0.4) is 0 Å². The van der Waals surface area contributed by atoms with E-state index in [-0.39, 0.29) is 17.7 Å². The molecule has 2 fully saturated rings. The van der Waals surface area contributed by atoms with Crippen molar-refractivity contribution < 1.29 is 9.47 Å². The number of rotatable bonds is 4. The Balaban J connectivity index is 2.14. The Kier molecular flexibility index (Phi) is 4.56. The maximum atomic E-state index is 6.19. The van der Waals surface area contributed by atoms with Gasteiger partial charge in [-0.25, -0.2) is 0 Å². The van der Waals surface area contributed by atoms with Gasteiger partial charge in [0.2, 0.25) is 0 Å². The van der Waals surface area contributed by atoms with E-state index in [9.17, 15) is 0 Å². The summed E-state index contributed by atoms with van der Waals surface area (Å²) in [7, 11) is 3.56. The number of methoxy groups -OCH3 is 2. The Morgan fingerprint density at radius 3 is 2.11 bits per heavy atom. The highest BCUT2D eigenvalue weighted by Crippen LogP contribution is 2.44. The van der Waals surface area contributed by atoms with Crippen molar-refractivity contribution in [2.45, 2.75) is 57.3 Å². The van der Waals surface area contributed by atoms with Crippen LogP contribution in [0, 0.1) is 5.41 Å². The van der Waals surface area contributed by atoms with Crippen LogP contribution in [0.2, 0.25) is 0 Å². The zero-order valence-corrected chi connectivity index (χ0v) is 12.9. The zero-order valence-electron chi connectivity index (χ0n) is 12.9. The number of hydrogen-bond donors (Lipinski definition) is 1. The van der Waals surface area contributed by atoms with Gasteiger partial charge in [0.15, 0.2) is 0 Å². The van der Waals surface area contributed by atoms with Crippen LogP contribution in [0.1, 0.15) is 39.5 Å². The molecule has 0 amide bonds. The second-order valence-electron chi connectivity index (χ2n) is 7.08. The van der Waals surface area contributed by atoms with E-state index in [1.54, 1.807) is 14.2 Å². The summed E-state index contributed by atoms with van der Waals surface area (Å²) >= 11 is 0. The molecule has 19 heavy (non-hydrogen) atoms. The van der Waals surface area contributed by atoms with Crippen LogP contribution >= 0.6 is 0 Å². The highest BCUT2D eigenvalue weighted by molar-refractivity contribution is 5.03. The number of ether oxygens (including phenoxy) is 2. The molecule has 3 atom stereocenters. The van der Waals surface area contributed by atoms with Crippen LogP contribution in [0.5, 0.6) is 0 Å². The zero-order chi connectivity index (χ0) is 14.1. The third-order valence-corrected chi connectivity index (χ3v) is 5.17. The molecule has 0 radical (unpaired) electrons. The molecule has 2 aliphatic rings. The highest BCUT2D eigenvalue weighted by Gasteiger charge is 2.48. The van der Waals surface area contributed by atoms with E-state index in [0.717, 1.165) is 19.6 Å². The van der Waals surface area contributed by atoms with Gasteiger partial charge < -0.3 is 15.2 Å². The Labute approximate surface area is 117 Å². The molecule has 1 saturated carbocycles. The molecule has 1 aliphatic carbocycles. The monoisotopic (exact) mass is 270 g/mol. The molecule has 0 aromatic rings. The summed E-state index contributed by atoms with van der Waals surface area (Å²) in [6.07, 6.45) is 5.33. The molecule has 112 valence electrons. The molecule has 1 heterocycles. The maximum Gasteiger partial charge on any atom is 0.0972 e. The standard InChI is InChI=1S/C15H30N2O2/c1-14(2)6-5-7-15(10-14,11-16)17-8-12(18-3)13(9-17)19-4/h12-13H,5-11,16H2,1-4H3. The van der Waals surface area contributed by atoms with Gasteiger partial charge in [-0.15, -0.1) is 0 Å². The van der Waals surface area contributed by atoms with Gasteiger partial charge in [-0.1, -0.05) is 20.3 Å². The van der Waals surface area contributed by atoms with Gasteiger partial charge in [0.1, 0.15) is 0 Å². The van der Waals surface area contributed by atoms with E-state index < -0.39 is 0 Å². The number of hydrogen-bond acceptors (Lipinski definition) is 4. The van der Waals surface area contributed by atoms with Crippen molar-refractivity contribution >= 4 is 0 Å². The van der Waals surface area contributed by atoms with Crippen LogP contribution in [-0.4, -0.2) is 56.5 Å². The smallest absolute Gasteiger partial charge is 0.0972 e. The van der Waals surface area contributed by atoms with E-state index in [1.165, 1.54) is 25.7 Å². The molecule has 3 unspecified atom stereocenters. The average molecular weight is 270 g/mol. The molecule has 2 N–H and O–H groups in total. The second-order valence-corrected chi connectivity index (χ2v) is 7.08. The van der Waals surface area contributed by atoms with Crippen molar-refractivity contribution in [3.05, 3.63) is 0 Å². The normalized spacial score (nSPS) is 39.6. The predicted octanol–water partition coefficient (Wildman–Crippen LogP) is 1.63. The lowest BCUT2D eigenvalue weighted by molar-refractivity contribution is -0.00461. The summed E-state index contributed by atoms with van der Waals surface area (Å²) in [5, 5.41) is 0. The SMILES string of the molecule is COC1CN(C2(CN)CCCC(C)(C)C2)CC1OC. The molecular weight excluding hydrogens is 240 g/mol. The molecule has 1 aliphatic heterocycles. The fourth-order valence-electron chi connectivity index (χ4n) is 4.12. The molecule has 4 nitrogen and oxygen atoms in total. The van der Waals surface area contributed by atoms with E-state index in [1.807, 2.05) is 0 Å². The quantitative estimate of drug-likeness (QED) is 0.843. The molecule has 0 spiro atoms. The number of likely N-dealkylation sites (tertiary alicyclic amines) is 1. The molecule has 0 bridgehead atoms. The first kappa shape index (κ1) is 15.2. The largest absolute Gasteiger partial charge is 0.377 e. The van der Waals surface area contributed by atoms with E-state index in [4.69, 9.17) is 15.2 Å². The van der Waals surface area contributed by atoms with Crippen LogP contribution in [0.15, 0.2) is 0 Å². The molecular formula is C15H30N2O2. The Bertz CT molecular complexity index is 297. The first-order valence-electron chi connectivity index (χ1n) is 7.47. The minimum atomic E-state index is 0.145. The van der Waals surface area contributed by atoms with Crippen molar-refractivity contribution in [2.75, 3.05) is 33.9 Å². The molecule has 0 aromatic heterocycles. The summed E-state index contributed by atoms with van der Waals surface area (Å²) in [5.41, 5.74) is 6.73. The van der Waals surface area contributed by atoms with Crippen molar-refractivity contribution in [3.8, 4) is 0 Å². The minimum Gasteiger partial charge on any atom is -0.377 e. The van der Waals surface area contributed by atoms with E-state index in [2.05, 4.69) is 18.7 Å². The van der Waals surface area contributed by atoms with Crippen LogP contribution < -0.4 is 5.73 Å².